The molecule has 1 aromatic rings. The zero-order valence-electron chi connectivity index (χ0n) is 15.4. The molecule has 1 aliphatic rings. The van der Waals surface area contributed by atoms with Crippen LogP contribution in [-0.2, 0) is 11.0 Å². The van der Waals surface area contributed by atoms with Crippen LogP contribution in [0.5, 0.6) is 0 Å². The molecule has 0 heterocycles. The maximum atomic E-state index is 12.7. The fraction of sp³-hybridized carbons (Fsp3) is 0.579. The molecule has 2 N–H and O–H groups in total. The van der Waals surface area contributed by atoms with Crippen molar-refractivity contribution in [1.29, 1.82) is 0 Å². The summed E-state index contributed by atoms with van der Waals surface area (Å²) in [6, 6.07) is 4.76. The predicted octanol–water partition coefficient (Wildman–Crippen LogP) is 4.83. The topological polar surface area (TPSA) is 53.5 Å². The van der Waals surface area contributed by atoms with E-state index < -0.39 is 11.7 Å². The van der Waals surface area contributed by atoms with E-state index in [9.17, 15) is 18.0 Å². The summed E-state index contributed by atoms with van der Waals surface area (Å²) in [6.45, 7) is 6.58. The normalized spacial score (nSPS) is 18.4. The van der Waals surface area contributed by atoms with Gasteiger partial charge in [0.15, 0.2) is 0 Å². The predicted molar refractivity (Wildman–Crippen MR) is 96.9 cm³/mol. The van der Waals surface area contributed by atoms with Crippen LogP contribution in [0.4, 0.5) is 18.9 Å². The van der Waals surface area contributed by atoms with E-state index >= 15 is 0 Å². The van der Waals surface area contributed by atoms with Crippen LogP contribution in [0.25, 0.3) is 0 Å². The molecule has 26 heavy (non-hydrogen) atoms. The van der Waals surface area contributed by atoms with Crippen molar-refractivity contribution < 1.29 is 18.0 Å². The average Bonchev–Trinajstić information content (AvgIpc) is 2.57. The first-order valence-electron chi connectivity index (χ1n) is 8.81. The minimum Gasteiger partial charge on any atom is -0.376 e. The Morgan fingerprint density at radius 2 is 1.85 bits per heavy atom. The molecular weight excluding hydrogens is 343 g/mol. The van der Waals surface area contributed by atoms with Gasteiger partial charge >= 0.3 is 6.18 Å². The van der Waals surface area contributed by atoms with Crippen LogP contribution in [0.15, 0.2) is 29.4 Å². The number of benzene rings is 1. The van der Waals surface area contributed by atoms with Gasteiger partial charge in [-0.15, -0.1) is 0 Å². The molecule has 0 bridgehead atoms. The highest BCUT2D eigenvalue weighted by atomic mass is 19.4. The Kier molecular flexibility index (Phi) is 6.31. The molecule has 0 saturated heterocycles. The van der Waals surface area contributed by atoms with E-state index in [1.54, 1.807) is 0 Å². The van der Waals surface area contributed by atoms with Gasteiger partial charge < -0.3 is 5.32 Å². The zero-order chi connectivity index (χ0) is 19.4. The molecule has 0 atom stereocenters. The molecule has 0 aromatic heterocycles. The molecule has 1 saturated carbocycles. The first kappa shape index (κ1) is 20.3. The van der Waals surface area contributed by atoms with E-state index in [4.69, 9.17) is 0 Å². The molecule has 1 amide bonds. The van der Waals surface area contributed by atoms with Crippen molar-refractivity contribution in [2.24, 2.45) is 16.4 Å². The lowest BCUT2D eigenvalue weighted by atomic mass is 9.72. The largest absolute Gasteiger partial charge is 0.416 e. The summed E-state index contributed by atoms with van der Waals surface area (Å²) in [5.41, 5.74) is 3.23. The van der Waals surface area contributed by atoms with Gasteiger partial charge in [0.25, 0.3) is 5.91 Å². The summed E-state index contributed by atoms with van der Waals surface area (Å²) < 4.78 is 38.0. The summed E-state index contributed by atoms with van der Waals surface area (Å²) in [5, 5.41) is 6.86. The van der Waals surface area contributed by atoms with Gasteiger partial charge in [0.05, 0.1) is 12.1 Å². The number of carbonyl (C=O) groups is 1. The Hall–Kier alpha value is -2.05. The minimum atomic E-state index is -4.40. The van der Waals surface area contributed by atoms with Gasteiger partial charge in [0, 0.05) is 11.4 Å². The van der Waals surface area contributed by atoms with Crippen molar-refractivity contribution in [3.05, 3.63) is 29.8 Å². The minimum absolute atomic E-state index is 0.136. The van der Waals surface area contributed by atoms with Gasteiger partial charge in [-0.1, -0.05) is 26.8 Å². The molecule has 4 nitrogen and oxygen atoms in total. The van der Waals surface area contributed by atoms with Crippen LogP contribution in [-0.4, -0.2) is 18.2 Å². The Morgan fingerprint density at radius 3 is 2.42 bits per heavy atom. The van der Waals surface area contributed by atoms with E-state index in [-0.39, 0.29) is 23.6 Å². The standard InChI is InChI=1S/C19H26F3N3O/c1-18(2,3)13-7-9-15(10-8-13)24-25-17(26)12-23-16-6-4-5-14(11-16)19(20,21)22/h4-6,11,13,23H,7-10,12H2,1-3H3,(H,25,26). The van der Waals surface area contributed by atoms with Crippen molar-refractivity contribution in [2.45, 2.75) is 52.6 Å². The summed E-state index contributed by atoms with van der Waals surface area (Å²) in [7, 11) is 0. The van der Waals surface area contributed by atoms with Gasteiger partial charge in [-0.05, 0) is 55.2 Å². The van der Waals surface area contributed by atoms with Crippen LogP contribution >= 0.6 is 0 Å². The summed E-state index contributed by atoms with van der Waals surface area (Å²) in [6.07, 6.45) is -0.564. The Bertz CT molecular complexity index is 653. The number of amides is 1. The van der Waals surface area contributed by atoms with E-state index in [0.717, 1.165) is 43.5 Å². The molecule has 144 valence electrons. The first-order valence-corrected chi connectivity index (χ1v) is 8.81. The van der Waals surface area contributed by atoms with Crippen molar-refractivity contribution in [3.8, 4) is 0 Å². The third-order valence-corrected chi connectivity index (χ3v) is 4.77. The smallest absolute Gasteiger partial charge is 0.376 e. The highest BCUT2D eigenvalue weighted by Crippen LogP contribution is 2.36. The van der Waals surface area contributed by atoms with Crippen LogP contribution in [0.2, 0.25) is 0 Å². The molecule has 2 rings (SSSR count). The quantitative estimate of drug-likeness (QED) is 0.747. The van der Waals surface area contributed by atoms with E-state index in [1.165, 1.54) is 12.1 Å². The number of hydrogen-bond acceptors (Lipinski definition) is 3. The molecular formula is C19H26F3N3O. The number of alkyl halides is 3. The van der Waals surface area contributed by atoms with E-state index in [2.05, 4.69) is 36.6 Å². The highest BCUT2D eigenvalue weighted by molar-refractivity contribution is 5.87. The molecule has 1 fully saturated rings. The maximum absolute atomic E-state index is 12.7. The number of rotatable bonds is 4. The van der Waals surface area contributed by atoms with Gasteiger partial charge in [-0.3, -0.25) is 4.79 Å². The van der Waals surface area contributed by atoms with Crippen molar-refractivity contribution in [2.75, 3.05) is 11.9 Å². The third kappa shape index (κ3) is 6.04. The highest BCUT2D eigenvalue weighted by Gasteiger charge is 2.30. The van der Waals surface area contributed by atoms with Gasteiger partial charge in [0.1, 0.15) is 0 Å². The van der Waals surface area contributed by atoms with E-state index in [0.29, 0.717) is 5.92 Å². The fourth-order valence-corrected chi connectivity index (χ4v) is 3.10. The number of hydrazone groups is 1. The van der Waals surface area contributed by atoms with Crippen LogP contribution < -0.4 is 10.7 Å². The summed E-state index contributed by atoms with van der Waals surface area (Å²) in [5.74, 6) is 0.271. The second-order valence-electron chi connectivity index (χ2n) is 7.79. The molecule has 1 aliphatic carbocycles. The number of halogens is 3. The SMILES string of the molecule is CC(C)(C)C1CCC(=NNC(=O)CNc2cccc(C(F)(F)F)c2)CC1. The second kappa shape index (κ2) is 8.10. The molecule has 0 unspecified atom stereocenters. The summed E-state index contributed by atoms with van der Waals surface area (Å²) >= 11 is 0. The third-order valence-electron chi connectivity index (χ3n) is 4.77. The molecule has 7 heteroatoms. The lowest BCUT2D eigenvalue weighted by Crippen LogP contribution is -2.29. The van der Waals surface area contributed by atoms with Gasteiger partial charge in [-0.2, -0.15) is 18.3 Å². The monoisotopic (exact) mass is 369 g/mol. The van der Waals surface area contributed by atoms with Gasteiger partial charge in [0.2, 0.25) is 0 Å². The molecule has 0 spiro atoms. The molecule has 0 radical (unpaired) electrons. The van der Waals surface area contributed by atoms with E-state index in [1.807, 2.05) is 0 Å². The maximum Gasteiger partial charge on any atom is 0.416 e. The van der Waals surface area contributed by atoms with Crippen molar-refractivity contribution in [3.63, 3.8) is 0 Å². The van der Waals surface area contributed by atoms with Crippen molar-refractivity contribution in [1.82, 2.24) is 5.43 Å². The summed E-state index contributed by atoms with van der Waals surface area (Å²) in [4.78, 5) is 11.9. The molecule has 1 aromatic carbocycles. The second-order valence-corrected chi connectivity index (χ2v) is 7.79. The van der Waals surface area contributed by atoms with Crippen molar-refractivity contribution >= 4 is 17.3 Å². The Balaban J connectivity index is 1.80. The molecule has 0 aliphatic heterocycles. The number of nitrogens with zero attached hydrogens (tertiary/aromatic N) is 1. The van der Waals surface area contributed by atoms with Crippen LogP contribution in [0, 0.1) is 11.3 Å². The fourth-order valence-electron chi connectivity index (χ4n) is 3.10. The number of carbonyl (C=O) groups excluding carboxylic acids is 1. The Morgan fingerprint density at radius 1 is 1.19 bits per heavy atom. The average molecular weight is 369 g/mol. The van der Waals surface area contributed by atoms with Crippen LogP contribution in [0.1, 0.15) is 52.0 Å². The zero-order valence-corrected chi connectivity index (χ0v) is 15.4. The number of nitrogens with one attached hydrogen (secondary N) is 2. The van der Waals surface area contributed by atoms with Gasteiger partial charge in [-0.25, -0.2) is 5.43 Å². The Labute approximate surface area is 152 Å². The number of hydrogen-bond donors (Lipinski definition) is 2. The lowest BCUT2D eigenvalue weighted by molar-refractivity contribution is -0.137. The van der Waals surface area contributed by atoms with Crippen LogP contribution in [0.3, 0.4) is 0 Å². The first-order chi connectivity index (χ1) is 12.1. The number of anilines is 1. The lowest BCUT2D eigenvalue weighted by Gasteiger charge is -2.34.